The molecule has 2 fully saturated rings. The number of hydrogen-bond acceptors (Lipinski definition) is 3. The molecule has 0 spiro atoms. The van der Waals surface area contributed by atoms with Crippen molar-refractivity contribution in [3.05, 3.63) is 0 Å². The van der Waals surface area contributed by atoms with Crippen molar-refractivity contribution in [3.8, 4) is 0 Å². The standard InChI is InChI=1S/C13H25N3O/c1-3-7-13(2,14)12(17)16-10-4-5-11(16)9-15-8-6-10/h10-11,15H,3-9,14H2,1-2H3. The van der Waals surface area contributed by atoms with Crippen molar-refractivity contribution in [1.29, 1.82) is 0 Å². The quantitative estimate of drug-likeness (QED) is 0.768. The molecule has 2 saturated heterocycles. The van der Waals surface area contributed by atoms with Crippen LogP contribution in [-0.2, 0) is 4.79 Å². The van der Waals surface area contributed by atoms with Gasteiger partial charge in [-0.25, -0.2) is 0 Å². The maximum atomic E-state index is 12.6. The fourth-order valence-corrected chi connectivity index (χ4v) is 3.24. The van der Waals surface area contributed by atoms with Crippen molar-refractivity contribution in [2.24, 2.45) is 5.73 Å². The van der Waals surface area contributed by atoms with Gasteiger partial charge in [0, 0.05) is 18.6 Å². The minimum absolute atomic E-state index is 0.163. The molecule has 0 radical (unpaired) electrons. The third kappa shape index (κ3) is 2.47. The number of nitrogens with zero attached hydrogens (tertiary/aromatic N) is 1. The molecular formula is C13H25N3O. The summed E-state index contributed by atoms with van der Waals surface area (Å²) >= 11 is 0. The van der Waals surface area contributed by atoms with Crippen molar-refractivity contribution in [1.82, 2.24) is 10.2 Å². The van der Waals surface area contributed by atoms with E-state index in [-0.39, 0.29) is 5.91 Å². The van der Waals surface area contributed by atoms with Crippen molar-refractivity contribution in [3.63, 3.8) is 0 Å². The summed E-state index contributed by atoms with van der Waals surface area (Å²) in [6.07, 6.45) is 5.09. The Morgan fingerprint density at radius 1 is 1.41 bits per heavy atom. The van der Waals surface area contributed by atoms with Gasteiger partial charge in [0.1, 0.15) is 0 Å². The maximum absolute atomic E-state index is 12.6. The number of amides is 1. The van der Waals surface area contributed by atoms with E-state index in [1.807, 2.05) is 6.92 Å². The van der Waals surface area contributed by atoms with E-state index in [2.05, 4.69) is 17.1 Å². The van der Waals surface area contributed by atoms with E-state index in [9.17, 15) is 4.79 Å². The van der Waals surface area contributed by atoms with Crippen LogP contribution in [0.5, 0.6) is 0 Å². The zero-order valence-corrected chi connectivity index (χ0v) is 11.0. The van der Waals surface area contributed by atoms with Gasteiger partial charge in [0.2, 0.25) is 5.91 Å². The number of nitrogens with two attached hydrogens (primary N) is 1. The first kappa shape index (κ1) is 12.8. The molecule has 3 unspecified atom stereocenters. The van der Waals surface area contributed by atoms with E-state index >= 15 is 0 Å². The van der Waals surface area contributed by atoms with E-state index in [0.29, 0.717) is 12.1 Å². The molecule has 0 aromatic rings. The van der Waals surface area contributed by atoms with Gasteiger partial charge < -0.3 is 16.0 Å². The third-order valence-electron chi connectivity index (χ3n) is 4.15. The highest BCUT2D eigenvalue weighted by Crippen LogP contribution is 2.30. The van der Waals surface area contributed by atoms with Gasteiger partial charge in [-0.05, 0) is 39.2 Å². The fourth-order valence-electron chi connectivity index (χ4n) is 3.24. The zero-order chi connectivity index (χ0) is 12.5. The molecule has 4 nitrogen and oxygen atoms in total. The molecule has 0 aromatic carbocycles. The largest absolute Gasteiger partial charge is 0.334 e. The molecule has 3 atom stereocenters. The summed E-state index contributed by atoms with van der Waals surface area (Å²) in [4.78, 5) is 14.7. The summed E-state index contributed by atoms with van der Waals surface area (Å²) in [5.41, 5.74) is 5.51. The summed E-state index contributed by atoms with van der Waals surface area (Å²) in [6, 6.07) is 0.789. The van der Waals surface area contributed by atoms with E-state index in [4.69, 9.17) is 5.73 Å². The Labute approximate surface area is 104 Å². The van der Waals surface area contributed by atoms with Crippen LogP contribution in [0.4, 0.5) is 0 Å². The SMILES string of the molecule is CCCC(C)(N)C(=O)N1C2CCNCC1CC2. The van der Waals surface area contributed by atoms with Crippen LogP contribution in [0.3, 0.4) is 0 Å². The van der Waals surface area contributed by atoms with Crippen LogP contribution in [0, 0.1) is 0 Å². The molecule has 0 aromatic heterocycles. The van der Waals surface area contributed by atoms with E-state index in [1.54, 1.807) is 0 Å². The fraction of sp³-hybridized carbons (Fsp3) is 0.923. The van der Waals surface area contributed by atoms with Crippen molar-refractivity contribution in [2.75, 3.05) is 13.1 Å². The van der Waals surface area contributed by atoms with Crippen molar-refractivity contribution in [2.45, 2.75) is 63.6 Å². The van der Waals surface area contributed by atoms with Gasteiger partial charge in [0.05, 0.1) is 5.54 Å². The minimum atomic E-state index is -0.681. The Bertz CT molecular complexity index is 276. The predicted molar refractivity (Wildman–Crippen MR) is 68.6 cm³/mol. The number of nitrogens with one attached hydrogen (secondary N) is 1. The molecule has 3 N–H and O–H groups in total. The van der Waals surface area contributed by atoms with Gasteiger partial charge in [0.25, 0.3) is 0 Å². The Kier molecular flexibility index (Phi) is 3.73. The van der Waals surface area contributed by atoms with Crippen LogP contribution < -0.4 is 11.1 Å². The first-order valence-corrected chi connectivity index (χ1v) is 6.88. The molecule has 0 aliphatic carbocycles. The first-order valence-electron chi connectivity index (χ1n) is 6.88. The van der Waals surface area contributed by atoms with Crippen LogP contribution in [0.25, 0.3) is 0 Å². The predicted octanol–water partition coefficient (Wildman–Crippen LogP) is 0.857. The molecule has 2 rings (SSSR count). The lowest BCUT2D eigenvalue weighted by Crippen LogP contribution is -2.57. The van der Waals surface area contributed by atoms with E-state index in [0.717, 1.165) is 45.2 Å². The first-order chi connectivity index (χ1) is 8.06. The maximum Gasteiger partial charge on any atom is 0.242 e. The van der Waals surface area contributed by atoms with E-state index in [1.165, 1.54) is 0 Å². The lowest BCUT2D eigenvalue weighted by atomic mass is 9.95. The van der Waals surface area contributed by atoms with Gasteiger partial charge >= 0.3 is 0 Å². The second kappa shape index (κ2) is 4.94. The van der Waals surface area contributed by atoms with Crippen LogP contribution in [0.15, 0.2) is 0 Å². The molecule has 2 heterocycles. The number of rotatable bonds is 3. The molecule has 17 heavy (non-hydrogen) atoms. The normalized spacial score (nSPS) is 32.1. The molecule has 1 amide bonds. The average Bonchev–Trinajstić information content (AvgIpc) is 2.51. The van der Waals surface area contributed by atoms with Crippen molar-refractivity contribution >= 4 is 5.91 Å². The highest BCUT2D eigenvalue weighted by Gasteiger charge is 2.43. The van der Waals surface area contributed by atoms with Gasteiger partial charge in [-0.15, -0.1) is 0 Å². The van der Waals surface area contributed by atoms with Crippen molar-refractivity contribution < 1.29 is 4.79 Å². The third-order valence-corrected chi connectivity index (χ3v) is 4.15. The van der Waals surface area contributed by atoms with Gasteiger partial charge in [0.15, 0.2) is 0 Å². The molecular weight excluding hydrogens is 214 g/mol. The lowest BCUT2D eigenvalue weighted by Gasteiger charge is -2.35. The molecule has 4 heteroatoms. The van der Waals surface area contributed by atoms with Crippen LogP contribution in [0.2, 0.25) is 0 Å². The summed E-state index contributed by atoms with van der Waals surface area (Å²) in [7, 11) is 0. The van der Waals surface area contributed by atoms with Crippen LogP contribution in [0.1, 0.15) is 46.0 Å². The highest BCUT2D eigenvalue weighted by atomic mass is 16.2. The second-order valence-electron chi connectivity index (χ2n) is 5.76. The second-order valence-corrected chi connectivity index (χ2v) is 5.76. The number of carbonyl (C=O) groups excluding carboxylic acids is 1. The number of fused-ring (bicyclic) bond motifs is 2. The summed E-state index contributed by atoms with van der Waals surface area (Å²) in [5.74, 6) is 0.163. The highest BCUT2D eigenvalue weighted by molar-refractivity contribution is 5.86. The Balaban J connectivity index is 2.13. The van der Waals surface area contributed by atoms with Gasteiger partial charge in [-0.1, -0.05) is 13.3 Å². The summed E-state index contributed by atoms with van der Waals surface area (Å²) in [6.45, 7) is 5.93. The monoisotopic (exact) mass is 239 g/mol. The van der Waals surface area contributed by atoms with E-state index < -0.39 is 5.54 Å². The Morgan fingerprint density at radius 3 is 2.82 bits per heavy atom. The van der Waals surface area contributed by atoms with Crippen LogP contribution >= 0.6 is 0 Å². The molecule has 98 valence electrons. The molecule has 2 aliphatic heterocycles. The Morgan fingerprint density at radius 2 is 2.12 bits per heavy atom. The average molecular weight is 239 g/mol. The summed E-state index contributed by atoms with van der Waals surface area (Å²) in [5, 5.41) is 3.41. The molecule has 2 aliphatic rings. The van der Waals surface area contributed by atoms with Crippen LogP contribution in [-0.4, -0.2) is 41.5 Å². The van der Waals surface area contributed by atoms with Gasteiger partial charge in [-0.3, -0.25) is 4.79 Å². The topological polar surface area (TPSA) is 58.4 Å². The zero-order valence-electron chi connectivity index (χ0n) is 11.0. The molecule has 2 bridgehead atoms. The lowest BCUT2D eigenvalue weighted by molar-refractivity contribution is -0.139. The Hall–Kier alpha value is -0.610. The minimum Gasteiger partial charge on any atom is -0.334 e. The smallest absolute Gasteiger partial charge is 0.242 e. The number of carbonyl (C=O) groups is 1. The molecule has 0 saturated carbocycles. The number of hydrogen-bond donors (Lipinski definition) is 2. The van der Waals surface area contributed by atoms with Gasteiger partial charge in [-0.2, -0.15) is 0 Å². The summed E-state index contributed by atoms with van der Waals surface area (Å²) < 4.78 is 0.